The van der Waals surface area contributed by atoms with E-state index in [1.165, 1.54) is 6.92 Å². The third kappa shape index (κ3) is 22.3. The number of carbonyl (C=O) groups excluding carboxylic acids is 6. The molecule has 0 bridgehead atoms. The Hall–Kier alpha value is -5.63. The summed E-state index contributed by atoms with van der Waals surface area (Å²) >= 11 is 0. The molecule has 1 aliphatic rings. The number of Topliss-reactive ketones (excluding diaryl/α,β-unsaturated/α-hetero) is 1. The first-order valence-electron chi connectivity index (χ1n) is 20.8. The summed E-state index contributed by atoms with van der Waals surface area (Å²) in [6, 6.07) is -5.98. The molecule has 0 aromatic heterocycles. The summed E-state index contributed by atoms with van der Waals surface area (Å²) in [6.07, 6.45) is -1.37. The van der Waals surface area contributed by atoms with E-state index in [0.717, 1.165) is 0 Å². The third-order valence-electron chi connectivity index (χ3n) is 10.6. The summed E-state index contributed by atoms with van der Waals surface area (Å²) in [7, 11) is 0. The van der Waals surface area contributed by atoms with Crippen LogP contribution in [0.2, 0.25) is 0 Å². The van der Waals surface area contributed by atoms with E-state index in [2.05, 4.69) is 26.6 Å². The lowest BCUT2D eigenvalue weighted by atomic mass is 9.71. The molecule has 0 aromatic rings. The number of hydrogen-bond donors (Lipinski definition) is 10. The normalized spacial score (nSPS) is 17.2. The highest BCUT2D eigenvalue weighted by Crippen LogP contribution is 2.38. The highest BCUT2D eigenvalue weighted by Gasteiger charge is 2.35. The molecule has 0 aliphatic heterocycles. The molecule has 350 valence electrons. The summed E-state index contributed by atoms with van der Waals surface area (Å²) in [6.45, 7) is 9.38. The van der Waals surface area contributed by atoms with Crippen LogP contribution in [0.25, 0.3) is 0 Å². The fourth-order valence-corrected chi connectivity index (χ4v) is 7.75. The van der Waals surface area contributed by atoms with Crippen LogP contribution in [0.4, 0.5) is 0 Å². The summed E-state index contributed by atoms with van der Waals surface area (Å²) in [5, 5.41) is 58.8. The number of carboxylic acid groups (broad SMARTS) is 5. The molecule has 5 amide bonds. The van der Waals surface area contributed by atoms with Crippen molar-refractivity contribution in [3.05, 3.63) is 0 Å². The van der Waals surface area contributed by atoms with E-state index in [1.54, 1.807) is 0 Å². The number of ketones is 1. The van der Waals surface area contributed by atoms with Gasteiger partial charge in [0.2, 0.25) is 29.5 Å². The first-order chi connectivity index (χ1) is 28.7. The van der Waals surface area contributed by atoms with E-state index in [1.807, 2.05) is 27.7 Å². The van der Waals surface area contributed by atoms with E-state index in [9.17, 15) is 73.2 Å². The van der Waals surface area contributed by atoms with Gasteiger partial charge in [-0.3, -0.25) is 47.9 Å². The second kappa shape index (κ2) is 26.0. The molecule has 1 saturated carbocycles. The standard InChI is InChI=1S/C41H65N5O16/c1-6-29(47)25(12-16-32(50)51)44-38(60)27(14-18-34(54)55)45-37(59)26(13-17-33(52)53)43-30(48)15-11-28(39(61)62)46-36(58)24-9-7-23(8-10-24)21-42-31(49)19-40(2,3)22-41(4,5)20-35(56)57/h23-28H,6-22H2,1-5H3,(H,42,49)(H,43,48)(H,44,60)(H,45,59)(H,46,58)(H,50,51)(H,52,53)(H,54,55)(H,56,57)(H,61,62). The minimum absolute atomic E-state index is 0.0213. The zero-order valence-electron chi connectivity index (χ0n) is 36.2. The molecule has 1 rings (SSSR count). The predicted molar refractivity (Wildman–Crippen MR) is 218 cm³/mol. The lowest BCUT2D eigenvalue weighted by Gasteiger charge is -2.34. The highest BCUT2D eigenvalue weighted by atomic mass is 16.4. The zero-order chi connectivity index (χ0) is 47.4. The van der Waals surface area contributed by atoms with Crippen LogP contribution in [-0.2, 0) is 52.7 Å². The van der Waals surface area contributed by atoms with Crippen molar-refractivity contribution in [3.8, 4) is 0 Å². The maximum atomic E-state index is 13.4. The van der Waals surface area contributed by atoms with E-state index in [-0.39, 0.29) is 37.5 Å². The molecule has 0 radical (unpaired) electrons. The molecular weight excluding hydrogens is 818 g/mol. The van der Waals surface area contributed by atoms with Crippen molar-refractivity contribution in [2.45, 2.75) is 162 Å². The first-order valence-corrected chi connectivity index (χ1v) is 20.8. The second-order valence-electron chi connectivity index (χ2n) is 17.6. The molecular formula is C41H65N5O16. The number of hydrogen-bond acceptors (Lipinski definition) is 11. The average Bonchev–Trinajstić information content (AvgIpc) is 3.15. The minimum Gasteiger partial charge on any atom is -0.481 e. The van der Waals surface area contributed by atoms with Crippen LogP contribution >= 0.6 is 0 Å². The number of carbonyl (C=O) groups is 11. The molecule has 4 unspecified atom stereocenters. The van der Waals surface area contributed by atoms with Gasteiger partial charge in [0.05, 0.1) is 12.5 Å². The van der Waals surface area contributed by atoms with Crippen molar-refractivity contribution in [3.63, 3.8) is 0 Å². The van der Waals surface area contributed by atoms with Crippen molar-refractivity contribution in [2.75, 3.05) is 6.54 Å². The topological polar surface area (TPSA) is 349 Å². The Bertz CT molecular complexity index is 1640. The quantitative estimate of drug-likeness (QED) is 0.0490. The maximum Gasteiger partial charge on any atom is 0.326 e. The summed E-state index contributed by atoms with van der Waals surface area (Å²) in [4.78, 5) is 135. The van der Waals surface area contributed by atoms with E-state index < -0.39 is 145 Å². The van der Waals surface area contributed by atoms with Crippen molar-refractivity contribution in [2.24, 2.45) is 22.7 Å². The van der Waals surface area contributed by atoms with Crippen LogP contribution in [0.5, 0.6) is 0 Å². The van der Waals surface area contributed by atoms with Gasteiger partial charge in [-0.05, 0) is 74.5 Å². The van der Waals surface area contributed by atoms with Crippen molar-refractivity contribution >= 4 is 65.2 Å². The van der Waals surface area contributed by atoms with Crippen LogP contribution < -0.4 is 26.6 Å². The highest BCUT2D eigenvalue weighted by molar-refractivity contribution is 5.95. The van der Waals surface area contributed by atoms with Gasteiger partial charge in [0.1, 0.15) is 18.1 Å². The number of rotatable bonds is 30. The predicted octanol–water partition coefficient (Wildman–Crippen LogP) is 1.59. The van der Waals surface area contributed by atoms with Crippen molar-refractivity contribution in [1.29, 1.82) is 0 Å². The van der Waals surface area contributed by atoms with Gasteiger partial charge in [-0.15, -0.1) is 0 Å². The van der Waals surface area contributed by atoms with Crippen LogP contribution in [0.15, 0.2) is 0 Å². The van der Waals surface area contributed by atoms with Gasteiger partial charge < -0.3 is 52.1 Å². The Morgan fingerprint density at radius 3 is 1.45 bits per heavy atom. The lowest BCUT2D eigenvalue weighted by Crippen LogP contribution is -2.56. The fraction of sp³-hybridized carbons (Fsp3) is 0.732. The molecule has 1 aliphatic carbocycles. The summed E-state index contributed by atoms with van der Waals surface area (Å²) in [5.41, 5.74) is -0.941. The molecule has 10 N–H and O–H groups in total. The van der Waals surface area contributed by atoms with Crippen LogP contribution in [-0.4, -0.2) is 121 Å². The van der Waals surface area contributed by atoms with Crippen LogP contribution in [0.1, 0.15) is 137 Å². The van der Waals surface area contributed by atoms with Crippen molar-refractivity contribution < 1.29 is 78.3 Å². The van der Waals surface area contributed by atoms with Gasteiger partial charge in [-0.2, -0.15) is 0 Å². The molecule has 0 saturated heterocycles. The molecule has 62 heavy (non-hydrogen) atoms. The number of nitrogens with one attached hydrogen (secondary N) is 5. The summed E-state index contributed by atoms with van der Waals surface area (Å²) in [5.74, 6) is -11.0. The SMILES string of the molecule is CCC(=O)C(CCC(=O)O)NC(=O)C(CCC(=O)O)NC(=O)C(CCC(=O)O)NC(=O)CCC(NC(=O)C1CCC(CNC(=O)CC(C)(C)CC(C)(C)CC(=O)O)CC1)C(=O)O. The fourth-order valence-electron chi connectivity index (χ4n) is 7.75. The molecule has 21 nitrogen and oxygen atoms in total. The van der Waals surface area contributed by atoms with Gasteiger partial charge in [0.25, 0.3) is 0 Å². The zero-order valence-corrected chi connectivity index (χ0v) is 36.2. The Kier molecular flexibility index (Phi) is 22.8. The Labute approximate surface area is 360 Å². The maximum absolute atomic E-state index is 13.4. The van der Waals surface area contributed by atoms with Gasteiger partial charge >= 0.3 is 29.8 Å². The van der Waals surface area contributed by atoms with E-state index in [4.69, 9.17) is 5.11 Å². The van der Waals surface area contributed by atoms with Gasteiger partial charge in [-0.25, -0.2) is 4.79 Å². The van der Waals surface area contributed by atoms with E-state index in [0.29, 0.717) is 38.6 Å². The molecule has 4 atom stereocenters. The van der Waals surface area contributed by atoms with Gasteiger partial charge in [-0.1, -0.05) is 34.6 Å². The lowest BCUT2D eigenvalue weighted by molar-refractivity contribution is -0.143. The largest absolute Gasteiger partial charge is 0.481 e. The smallest absolute Gasteiger partial charge is 0.326 e. The van der Waals surface area contributed by atoms with Crippen LogP contribution in [0.3, 0.4) is 0 Å². The number of carboxylic acids is 5. The first kappa shape index (κ1) is 54.4. The number of aliphatic carboxylic acids is 5. The number of amides is 5. The summed E-state index contributed by atoms with van der Waals surface area (Å²) < 4.78 is 0. The molecule has 0 aromatic carbocycles. The monoisotopic (exact) mass is 883 g/mol. The van der Waals surface area contributed by atoms with Crippen molar-refractivity contribution in [1.82, 2.24) is 26.6 Å². The average molecular weight is 884 g/mol. The Balaban J connectivity index is 2.85. The second-order valence-corrected chi connectivity index (χ2v) is 17.6. The van der Waals surface area contributed by atoms with Gasteiger partial charge in [0, 0.05) is 51.0 Å². The third-order valence-corrected chi connectivity index (χ3v) is 10.6. The minimum atomic E-state index is -1.60. The Morgan fingerprint density at radius 2 is 0.984 bits per heavy atom. The van der Waals surface area contributed by atoms with E-state index >= 15 is 0 Å². The molecule has 21 heteroatoms. The molecule has 0 spiro atoms. The van der Waals surface area contributed by atoms with Gasteiger partial charge in [0.15, 0.2) is 5.78 Å². The molecule has 0 heterocycles. The Morgan fingerprint density at radius 1 is 0.532 bits per heavy atom. The molecule has 1 fully saturated rings. The van der Waals surface area contributed by atoms with Crippen LogP contribution in [0, 0.1) is 22.7 Å².